The molecular weight excluding hydrogens is 454 g/mol. The molecule has 2 aromatic rings. The second-order valence-electron chi connectivity index (χ2n) is 6.66. The number of rotatable bonds is 8. The highest BCUT2D eigenvalue weighted by atomic mass is 79.9. The summed E-state index contributed by atoms with van der Waals surface area (Å²) in [5.74, 6) is -1.18. The van der Waals surface area contributed by atoms with E-state index in [2.05, 4.69) is 26.6 Å². The normalized spacial score (nSPS) is 12.7. The minimum Gasteiger partial charge on any atom is -0.375 e. The van der Waals surface area contributed by atoms with Gasteiger partial charge < -0.3 is 15.4 Å². The van der Waals surface area contributed by atoms with E-state index in [0.717, 1.165) is 4.47 Å². The van der Waals surface area contributed by atoms with Crippen molar-refractivity contribution in [2.24, 2.45) is 0 Å². The maximum absolute atomic E-state index is 12.4. The van der Waals surface area contributed by atoms with Crippen LogP contribution in [0.1, 0.15) is 33.6 Å². The number of halogens is 1. The van der Waals surface area contributed by atoms with Crippen LogP contribution in [0.15, 0.2) is 46.9 Å². The van der Waals surface area contributed by atoms with E-state index in [1.807, 2.05) is 0 Å². The van der Waals surface area contributed by atoms with Crippen molar-refractivity contribution >= 4 is 50.9 Å². The number of benzene rings is 2. The molecule has 0 aromatic heterocycles. The molecule has 0 saturated heterocycles. The van der Waals surface area contributed by atoms with Crippen molar-refractivity contribution in [1.29, 1.82) is 0 Å². The van der Waals surface area contributed by atoms with Crippen molar-refractivity contribution < 1.29 is 23.9 Å². The van der Waals surface area contributed by atoms with Gasteiger partial charge in [0.25, 0.3) is 11.8 Å². The van der Waals surface area contributed by atoms with Gasteiger partial charge in [-0.3, -0.25) is 24.1 Å². The molecular formula is C21H20BrN3O5. The molecule has 0 atom stereocenters. The molecule has 3 rings (SSSR count). The van der Waals surface area contributed by atoms with Gasteiger partial charge in [0.15, 0.2) is 0 Å². The Kier molecular flexibility index (Phi) is 6.96. The number of amides is 4. The van der Waals surface area contributed by atoms with Crippen molar-refractivity contribution in [3.8, 4) is 0 Å². The maximum Gasteiger partial charge on any atom is 0.261 e. The van der Waals surface area contributed by atoms with Crippen LogP contribution < -0.4 is 10.6 Å². The molecule has 8 nitrogen and oxygen atoms in total. The van der Waals surface area contributed by atoms with E-state index >= 15 is 0 Å². The summed E-state index contributed by atoms with van der Waals surface area (Å²) in [5, 5.41) is 5.41. The number of anilines is 2. The summed E-state index contributed by atoms with van der Waals surface area (Å²) in [5.41, 5.74) is 1.92. The van der Waals surface area contributed by atoms with Crippen LogP contribution in [0.3, 0.4) is 0 Å². The average Bonchev–Trinajstić information content (AvgIpc) is 2.94. The van der Waals surface area contributed by atoms with E-state index in [1.165, 1.54) is 12.0 Å². The van der Waals surface area contributed by atoms with Gasteiger partial charge in [-0.1, -0.05) is 15.9 Å². The van der Waals surface area contributed by atoms with Gasteiger partial charge in [-0.2, -0.15) is 0 Å². The number of methoxy groups -OCH3 is 1. The van der Waals surface area contributed by atoms with Crippen LogP contribution >= 0.6 is 15.9 Å². The lowest BCUT2D eigenvalue weighted by molar-refractivity contribution is -0.119. The van der Waals surface area contributed by atoms with Crippen molar-refractivity contribution in [1.82, 2.24) is 4.90 Å². The van der Waals surface area contributed by atoms with Crippen LogP contribution in [-0.4, -0.2) is 48.8 Å². The van der Waals surface area contributed by atoms with Crippen LogP contribution in [0.25, 0.3) is 0 Å². The van der Waals surface area contributed by atoms with E-state index in [0.29, 0.717) is 28.9 Å². The first-order chi connectivity index (χ1) is 14.4. The monoisotopic (exact) mass is 473 g/mol. The fourth-order valence-corrected chi connectivity index (χ4v) is 3.41. The van der Waals surface area contributed by atoms with E-state index in [9.17, 15) is 19.2 Å². The molecule has 0 spiro atoms. The number of hydrogen-bond acceptors (Lipinski definition) is 5. The van der Waals surface area contributed by atoms with Gasteiger partial charge in [-0.25, -0.2) is 0 Å². The molecule has 2 aromatic carbocycles. The highest BCUT2D eigenvalue weighted by Crippen LogP contribution is 2.26. The number of ether oxygens (including phenoxy) is 1. The Balaban J connectivity index is 1.47. The summed E-state index contributed by atoms with van der Waals surface area (Å²) < 4.78 is 5.48. The molecule has 0 saturated carbocycles. The molecule has 2 N–H and O–H groups in total. The van der Waals surface area contributed by atoms with Crippen LogP contribution in [0, 0.1) is 0 Å². The summed E-state index contributed by atoms with van der Waals surface area (Å²) in [6, 6.07) is 11.6. The lowest BCUT2D eigenvalue weighted by Gasteiger charge is -2.13. The molecule has 1 heterocycles. The van der Waals surface area contributed by atoms with Crippen molar-refractivity contribution in [2.75, 3.05) is 30.9 Å². The summed E-state index contributed by atoms with van der Waals surface area (Å²) in [6.45, 7) is 0.130. The Morgan fingerprint density at radius 3 is 2.17 bits per heavy atom. The molecule has 30 heavy (non-hydrogen) atoms. The first-order valence-electron chi connectivity index (χ1n) is 9.23. The third-order valence-electron chi connectivity index (χ3n) is 4.45. The summed E-state index contributed by atoms with van der Waals surface area (Å²) in [4.78, 5) is 49.6. The Labute approximate surface area is 181 Å². The zero-order valence-corrected chi connectivity index (χ0v) is 17.8. The van der Waals surface area contributed by atoms with Crippen LogP contribution in [0.2, 0.25) is 0 Å². The van der Waals surface area contributed by atoms with E-state index in [-0.39, 0.29) is 43.2 Å². The highest BCUT2D eigenvalue weighted by molar-refractivity contribution is 9.10. The van der Waals surface area contributed by atoms with Crippen molar-refractivity contribution in [3.63, 3.8) is 0 Å². The molecule has 0 aliphatic carbocycles. The fraction of sp³-hybridized carbons (Fsp3) is 0.238. The van der Waals surface area contributed by atoms with Gasteiger partial charge in [-0.05, 0) is 48.9 Å². The highest BCUT2D eigenvalue weighted by Gasteiger charge is 2.35. The zero-order chi connectivity index (χ0) is 21.7. The quantitative estimate of drug-likeness (QED) is 0.573. The van der Waals surface area contributed by atoms with Crippen LogP contribution in [0.5, 0.6) is 0 Å². The summed E-state index contributed by atoms with van der Waals surface area (Å²) >= 11 is 3.30. The molecule has 0 unspecified atom stereocenters. The average molecular weight is 474 g/mol. The topological polar surface area (TPSA) is 105 Å². The van der Waals surface area contributed by atoms with Gasteiger partial charge in [-0.15, -0.1) is 0 Å². The number of imide groups is 1. The molecule has 0 radical (unpaired) electrons. The van der Waals surface area contributed by atoms with Gasteiger partial charge in [0.1, 0.15) is 6.61 Å². The van der Waals surface area contributed by atoms with Gasteiger partial charge >= 0.3 is 0 Å². The van der Waals surface area contributed by atoms with Gasteiger partial charge in [0.2, 0.25) is 11.8 Å². The predicted molar refractivity (Wildman–Crippen MR) is 114 cm³/mol. The Bertz CT molecular complexity index is 991. The molecule has 4 amide bonds. The standard InChI is InChI=1S/C21H20BrN3O5/c1-30-12-19(27)24-15-7-5-14(6-8-15)23-18(26)3-2-10-25-20(28)16-9-4-13(22)11-17(16)21(25)29/h4-9,11H,2-3,10,12H2,1H3,(H,23,26)(H,24,27). The number of carbonyl (C=O) groups is 4. The third kappa shape index (κ3) is 5.11. The van der Waals surface area contributed by atoms with Crippen LogP contribution in [0.4, 0.5) is 11.4 Å². The molecule has 156 valence electrons. The number of nitrogens with one attached hydrogen (secondary N) is 2. The molecule has 0 fully saturated rings. The molecule has 9 heteroatoms. The smallest absolute Gasteiger partial charge is 0.261 e. The number of nitrogens with zero attached hydrogens (tertiary/aromatic N) is 1. The summed E-state index contributed by atoms with van der Waals surface area (Å²) in [7, 11) is 1.44. The lowest BCUT2D eigenvalue weighted by Crippen LogP contribution is -2.31. The zero-order valence-electron chi connectivity index (χ0n) is 16.2. The molecule has 1 aliphatic rings. The SMILES string of the molecule is COCC(=O)Nc1ccc(NC(=O)CCCN2C(=O)c3ccc(Br)cc3C2=O)cc1. The predicted octanol–water partition coefficient (Wildman–Crippen LogP) is 3.05. The minimum atomic E-state index is -0.345. The number of carbonyl (C=O) groups excluding carboxylic acids is 4. The summed E-state index contributed by atoms with van der Waals surface area (Å²) in [6.07, 6.45) is 0.507. The van der Waals surface area contributed by atoms with E-state index in [1.54, 1.807) is 42.5 Å². The van der Waals surface area contributed by atoms with Gasteiger partial charge in [0.05, 0.1) is 11.1 Å². The van der Waals surface area contributed by atoms with Crippen LogP contribution in [-0.2, 0) is 14.3 Å². The Morgan fingerprint density at radius 2 is 1.53 bits per heavy atom. The Morgan fingerprint density at radius 1 is 0.933 bits per heavy atom. The first kappa shape index (κ1) is 21.7. The van der Waals surface area contributed by atoms with E-state index < -0.39 is 0 Å². The number of fused-ring (bicyclic) bond motifs is 1. The fourth-order valence-electron chi connectivity index (χ4n) is 3.05. The maximum atomic E-state index is 12.4. The second kappa shape index (κ2) is 9.64. The van der Waals surface area contributed by atoms with Crippen molar-refractivity contribution in [2.45, 2.75) is 12.8 Å². The van der Waals surface area contributed by atoms with Gasteiger partial charge in [0, 0.05) is 35.9 Å². The number of hydrogen-bond donors (Lipinski definition) is 2. The Hall–Kier alpha value is -3.04. The van der Waals surface area contributed by atoms with E-state index in [4.69, 9.17) is 4.74 Å². The lowest BCUT2D eigenvalue weighted by atomic mass is 10.1. The molecule has 1 aliphatic heterocycles. The van der Waals surface area contributed by atoms with Crippen molar-refractivity contribution in [3.05, 3.63) is 58.1 Å². The molecule has 0 bridgehead atoms. The first-order valence-corrected chi connectivity index (χ1v) is 10.0. The largest absolute Gasteiger partial charge is 0.375 e. The minimum absolute atomic E-state index is 0.0388. The third-order valence-corrected chi connectivity index (χ3v) is 4.94. The second-order valence-corrected chi connectivity index (χ2v) is 7.58.